The monoisotopic (exact) mass is 443 g/mol. The van der Waals surface area contributed by atoms with E-state index in [4.69, 9.17) is 11.6 Å². The van der Waals surface area contributed by atoms with Crippen LogP contribution >= 0.6 is 23.4 Å². The summed E-state index contributed by atoms with van der Waals surface area (Å²) in [5.74, 6) is 1.47. The summed E-state index contributed by atoms with van der Waals surface area (Å²) < 4.78 is 37.9. The van der Waals surface area contributed by atoms with E-state index in [-0.39, 0.29) is 5.91 Å². The van der Waals surface area contributed by atoms with Gasteiger partial charge in [0.05, 0.1) is 5.56 Å². The number of rotatable bonds is 6. The number of benzene rings is 1. The van der Waals surface area contributed by atoms with Gasteiger partial charge in [0.1, 0.15) is 5.82 Å². The van der Waals surface area contributed by atoms with Crippen LogP contribution in [0.5, 0.6) is 0 Å². The maximum Gasteiger partial charge on any atom is 0.417 e. The maximum absolute atomic E-state index is 12.6. The first-order chi connectivity index (χ1) is 13.8. The second-order valence-electron chi connectivity index (χ2n) is 6.68. The highest BCUT2D eigenvalue weighted by Gasteiger charge is 2.31. The largest absolute Gasteiger partial charge is 0.417 e. The molecule has 0 unspecified atom stereocenters. The highest BCUT2D eigenvalue weighted by atomic mass is 35.5. The fraction of sp³-hybridized carbons (Fsp3) is 0.400. The number of carbonyl (C=O) groups is 1. The molecule has 0 N–H and O–H groups in total. The molecule has 0 saturated carbocycles. The van der Waals surface area contributed by atoms with Crippen LogP contribution in [0.25, 0.3) is 0 Å². The zero-order valence-corrected chi connectivity index (χ0v) is 17.2. The minimum absolute atomic E-state index is 0.113. The molecule has 1 aliphatic rings. The van der Waals surface area contributed by atoms with Gasteiger partial charge < -0.3 is 9.80 Å². The molecule has 0 radical (unpaired) electrons. The van der Waals surface area contributed by atoms with E-state index in [0.717, 1.165) is 29.3 Å². The van der Waals surface area contributed by atoms with Crippen LogP contribution in [0.3, 0.4) is 0 Å². The van der Waals surface area contributed by atoms with E-state index >= 15 is 0 Å². The topological polar surface area (TPSA) is 36.4 Å². The Kier molecular flexibility index (Phi) is 7.29. The minimum Gasteiger partial charge on any atom is -0.353 e. The first-order valence-corrected chi connectivity index (χ1v) is 10.6. The van der Waals surface area contributed by atoms with Gasteiger partial charge in [0, 0.05) is 48.7 Å². The minimum atomic E-state index is -4.39. The lowest BCUT2D eigenvalue weighted by molar-refractivity contribution is -0.137. The first kappa shape index (κ1) is 21.8. The molecule has 0 spiro atoms. The van der Waals surface area contributed by atoms with E-state index in [0.29, 0.717) is 43.4 Å². The van der Waals surface area contributed by atoms with E-state index in [1.807, 2.05) is 34.1 Å². The lowest BCUT2D eigenvalue weighted by Gasteiger charge is -2.35. The van der Waals surface area contributed by atoms with Gasteiger partial charge in [-0.05, 0) is 48.6 Å². The Morgan fingerprint density at radius 1 is 1.07 bits per heavy atom. The number of hydrogen-bond donors (Lipinski definition) is 0. The molecule has 0 bridgehead atoms. The van der Waals surface area contributed by atoms with Crippen molar-refractivity contribution in [3.63, 3.8) is 0 Å². The van der Waals surface area contributed by atoms with Gasteiger partial charge in [0.15, 0.2) is 0 Å². The number of piperazine rings is 1. The van der Waals surface area contributed by atoms with Crippen LogP contribution in [-0.4, -0.2) is 47.7 Å². The second kappa shape index (κ2) is 9.71. The number of carbonyl (C=O) groups excluding carboxylic acids is 1. The van der Waals surface area contributed by atoms with Gasteiger partial charge in [-0.25, -0.2) is 4.98 Å². The molecule has 156 valence electrons. The van der Waals surface area contributed by atoms with E-state index < -0.39 is 11.7 Å². The van der Waals surface area contributed by atoms with Crippen LogP contribution in [0, 0.1) is 0 Å². The van der Waals surface area contributed by atoms with Gasteiger partial charge in [-0.3, -0.25) is 4.79 Å². The Balaban J connectivity index is 1.39. The predicted molar refractivity (Wildman–Crippen MR) is 109 cm³/mol. The lowest BCUT2D eigenvalue weighted by atomic mass is 10.2. The summed E-state index contributed by atoms with van der Waals surface area (Å²) in [5.41, 5.74) is -0.758. The van der Waals surface area contributed by atoms with E-state index in [1.54, 1.807) is 11.8 Å². The highest BCUT2D eigenvalue weighted by Crippen LogP contribution is 2.29. The van der Waals surface area contributed by atoms with Gasteiger partial charge in [-0.15, -0.1) is 11.8 Å². The standard InChI is InChI=1S/C20H21ClF3N3OS/c21-16-4-6-17(7-5-16)29-13-1-2-19(28)27-11-9-26(10-12-27)18-8-3-15(14-25-18)20(22,23)24/h3-8,14H,1-2,9-13H2. The predicted octanol–water partition coefficient (Wildman–Crippen LogP) is 4.97. The summed E-state index contributed by atoms with van der Waals surface area (Å²) in [7, 11) is 0. The maximum atomic E-state index is 12.6. The van der Waals surface area contributed by atoms with Crippen molar-refractivity contribution in [1.82, 2.24) is 9.88 Å². The van der Waals surface area contributed by atoms with Crippen molar-refractivity contribution in [2.24, 2.45) is 0 Å². The number of hydrogen-bond acceptors (Lipinski definition) is 4. The number of amides is 1. The summed E-state index contributed by atoms with van der Waals surface area (Å²) in [6.45, 7) is 2.21. The van der Waals surface area contributed by atoms with Crippen molar-refractivity contribution < 1.29 is 18.0 Å². The van der Waals surface area contributed by atoms with Crippen LogP contribution < -0.4 is 4.90 Å². The Bertz CT molecular complexity index is 807. The first-order valence-electron chi connectivity index (χ1n) is 9.27. The summed E-state index contributed by atoms with van der Waals surface area (Å²) in [6, 6.07) is 10.0. The smallest absolute Gasteiger partial charge is 0.353 e. The molecular weight excluding hydrogens is 423 g/mol. The SMILES string of the molecule is O=C(CCCSc1ccc(Cl)cc1)N1CCN(c2ccc(C(F)(F)F)cn2)CC1. The molecule has 1 aliphatic heterocycles. The van der Waals surface area contributed by atoms with Crippen molar-refractivity contribution in [1.29, 1.82) is 0 Å². The third-order valence-electron chi connectivity index (χ3n) is 4.65. The van der Waals surface area contributed by atoms with E-state index in [1.165, 1.54) is 6.07 Å². The second-order valence-corrected chi connectivity index (χ2v) is 8.28. The lowest BCUT2D eigenvalue weighted by Crippen LogP contribution is -2.49. The molecule has 1 saturated heterocycles. The summed E-state index contributed by atoms with van der Waals surface area (Å²) in [4.78, 5) is 21.2. The number of anilines is 1. The number of halogens is 4. The Hall–Kier alpha value is -1.93. The molecule has 1 fully saturated rings. The summed E-state index contributed by atoms with van der Waals surface area (Å²) in [5, 5.41) is 0.704. The molecule has 4 nitrogen and oxygen atoms in total. The fourth-order valence-corrected chi connectivity index (χ4v) is 4.01. The van der Waals surface area contributed by atoms with Crippen molar-refractivity contribution in [3.05, 3.63) is 53.2 Å². The number of alkyl halides is 3. The Labute approximate surface area is 177 Å². The quantitative estimate of drug-likeness (QED) is 0.466. The summed E-state index contributed by atoms with van der Waals surface area (Å²) >= 11 is 7.56. The third kappa shape index (κ3) is 6.27. The average Bonchev–Trinajstić information content (AvgIpc) is 2.72. The fourth-order valence-electron chi connectivity index (χ4n) is 3.03. The molecule has 3 rings (SSSR count). The number of aromatic nitrogens is 1. The van der Waals surface area contributed by atoms with Gasteiger partial charge in [0.25, 0.3) is 0 Å². The molecule has 1 aromatic heterocycles. The van der Waals surface area contributed by atoms with Crippen molar-refractivity contribution >= 4 is 35.1 Å². The van der Waals surface area contributed by atoms with Crippen molar-refractivity contribution in [2.75, 3.05) is 36.8 Å². The molecule has 29 heavy (non-hydrogen) atoms. The van der Waals surface area contributed by atoms with Gasteiger partial charge >= 0.3 is 6.18 Å². The van der Waals surface area contributed by atoms with E-state index in [2.05, 4.69) is 4.98 Å². The summed E-state index contributed by atoms with van der Waals surface area (Å²) in [6.07, 6.45) is -2.26. The normalized spacial score (nSPS) is 14.9. The number of nitrogens with zero attached hydrogens (tertiary/aromatic N) is 3. The molecular formula is C20H21ClF3N3OS. The van der Waals surface area contributed by atoms with E-state index in [9.17, 15) is 18.0 Å². The molecule has 1 amide bonds. The van der Waals surface area contributed by atoms with Crippen LogP contribution in [0.1, 0.15) is 18.4 Å². The van der Waals surface area contributed by atoms with Crippen LogP contribution in [0.15, 0.2) is 47.5 Å². The molecule has 1 aromatic carbocycles. The number of thioether (sulfide) groups is 1. The van der Waals surface area contributed by atoms with Crippen LogP contribution in [0.4, 0.5) is 19.0 Å². The van der Waals surface area contributed by atoms with Crippen LogP contribution in [0.2, 0.25) is 5.02 Å². The molecule has 9 heteroatoms. The number of pyridine rings is 1. The zero-order valence-electron chi connectivity index (χ0n) is 15.7. The van der Waals surface area contributed by atoms with Crippen LogP contribution in [-0.2, 0) is 11.0 Å². The highest BCUT2D eigenvalue weighted by molar-refractivity contribution is 7.99. The average molecular weight is 444 g/mol. The molecule has 0 atom stereocenters. The Morgan fingerprint density at radius 3 is 2.34 bits per heavy atom. The molecule has 2 aromatic rings. The van der Waals surface area contributed by atoms with Gasteiger partial charge in [0.2, 0.25) is 5.91 Å². The van der Waals surface area contributed by atoms with Crippen molar-refractivity contribution in [2.45, 2.75) is 23.9 Å². The molecule has 2 heterocycles. The Morgan fingerprint density at radius 2 is 1.76 bits per heavy atom. The third-order valence-corrected chi connectivity index (χ3v) is 6.00. The molecule has 0 aliphatic carbocycles. The van der Waals surface area contributed by atoms with Crippen molar-refractivity contribution in [3.8, 4) is 0 Å². The van der Waals surface area contributed by atoms with Gasteiger partial charge in [-0.1, -0.05) is 11.6 Å². The zero-order chi connectivity index (χ0) is 20.9. The van der Waals surface area contributed by atoms with Gasteiger partial charge in [-0.2, -0.15) is 13.2 Å².